The third-order valence-corrected chi connectivity index (χ3v) is 6.60. The molecule has 0 aliphatic carbocycles. The number of rotatable bonds is 6. The van der Waals surface area contributed by atoms with Crippen LogP contribution in [0.2, 0.25) is 5.02 Å². The van der Waals surface area contributed by atoms with Crippen LogP contribution in [0.5, 0.6) is 5.75 Å². The van der Waals surface area contributed by atoms with Gasteiger partial charge in [0, 0.05) is 29.6 Å². The maximum Gasteiger partial charge on any atom is 0.251 e. The Balaban J connectivity index is 1.88. The summed E-state index contributed by atoms with van der Waals surface area (Å²) >= 11 is 6.38. The fourth-order valence-electron chi connectivity index (χ4n) is 4.53. The summed E-state index contributed by atoms with van der Waals surface area (Å²) in [5, 5.41) is 0.610. The lowest BCUT2D eigenvalue weighted by Gasteiger charge is -2.22. The average molecular weight is 461 g/mol. The maximum absolute atomic E-state index is 13.6. The molecule has 0 saturated heterocycles. The van der Waals surface area contributed by atoms with E-state index in [-0.39, 0.29) is 5.91 Å². The first kappa shape index (κ1) is 23.1. The Bertz CT molecular complexity index is 1180. The number of amides is 1. The number of nitrogens with zero attached hydrogens (tertiary/aromatic N) is 2. The summed E-state index contributed by atoms with van der Waals surface area (Å²) in [5.74, 6) is 0.753. The van der Waals surface area contributed by atoms with Crippen LogP contribution in [0.15, 0.2) is 65.7 Å². The van der Waals surface area contributed by atoms with E-state index < -0.39 is 6.04 Å². The fraction of sp³-hybridized carbons (Fsp3) is 0.286. The molecule has 0 aromatic heterocycles. The molecule has 1 amide bonds. The first-order valence-electron chi connectivity index (χ1n) is 11.4. The Morgan fingerprint density at radius 2 is 1.67 bits per heavy atom. The van der Waals surface area contributed by atoms with Crippen molar-refractivity contribution in [2.45, 2.75) is 39.2 Å². The molecule has 0 spiro atoms. The molecule has 0 radical (unpaired) electrons. The number of methoxy groups -OCH3 is 1. The molecule has 1 unspecified atom stereocenters. The number of halogens is 1. The predicted octanol–water partition coefficient (Wildman–Crippen LogP) is 5.90. The number of fused-ring (bicyclic) bond motifs is 1. The number of benzene rings is 3. The highest BCUT2D eigenvalue weighted by molar-refractivity contribution is 6.32. The van der Waals surface area contributed by atoms with Gasteiger partial charge in [-0.25, -0.2) is 0 Å². The maximum atomic E-state index is 13.6. The molecule has 1 atom stereocenters. The average Bonchev–Trinajstić information content (AvgIpc) is 2.94. The predicted molar refractivity (Wildman–Crippen MR) is 136 cm³/mol. The Morgan fingerprint density at radius 3 is 2.27 bits per heavy atom. The second-order valence-electron chi connectivity index (χ2n) is 8.25. The first-order chi connectivity index (χ1) is 16.0. The van der Waals surface area contributed by atoms with Crippen LogP contribution in [0.1, 0.15) is 41.7 Å². The number of ether oxygens (including phenoxy) is 1. The van der Waals surface area contributed by atoms with E-state index in [9.17, 15) is 4.79 Å². The van der Waals surface area contributed by atoms with Crippen molar-refractivity contribution in [2.24, 2.45) is 4.99 Å². The minimum atomic E-state index is -0.531. The lowest BCUT2D eigenvalue weighted by atomic mass is 9.92. The van der Waals surface area contributed by atoms with Crippen molar-refractivity contribution in [3.8, 4) is 5.75 Å². The van der Waals surface area contributed by atoms with E-state index in [0.717, 1.165) is 41.1 Å². The van der Waals surface area contributed by atoms with E-state index in [1.54, 1.807) is 12.0 Å². The minimum Gasteiger partial charge on any atom is -0.497 e. The number of likely N-dealkylation sites (N-methyl/N-ethyl adjacent to an activating group) is 1. The van der Waals surface area contributed by atoms with E-state index in [1.165, 1.54) is 16.7 Å². The van der Waals surface area contributed by atoms with Crippen molar-refractivity contribution in [3.63, 3.8) is 0 Å². The molecule has 1 heterocycles. The van der Waals surface area contributed by atoms with Crippen molar-refractivity contribution < 1.29 is 9.53 Å². The van der Waals surface area contributed by atoms with Crippen LogP contribution in [0, 0.1) is 0 Å². The minimum absolute atomic E-state index is 0.0185. The standard InChI is InChI=1S/C28H29ClN2O2/c1-5-18-8-7-9-19(6-2)23(18)17-25-28(32)31(3)26-15-12-21(29)16-24(26)27(30-25)20-10-13-22(33-4)14-11-20/h7-16,25H,5-6,17H2,1-4H3. The van der Waals surface area contributed by atoms with Gasteiger partial charge in [-0.2, -0.15) is 0 Å². The lowest BCUT2D eigenvalue weighted by Crippen LogP contribution is -2.36. The number of aliphatic imine (C=N–C) groups is 1. The monoisotopic (exact) mass is 460 g/mol. The summed E-state index contributed by atoms with van der Waals surface area (Å²) < 4.78 is 5.33. The van der Waals surface area contributed by atoms with E-state index in [0.29, 0.717) is 11.4 Å². The van der Waals surface area contributed by atoms with Crippen LogP contribution in [0.3, 0.4) is 0 Å². The Morgan fingerprint density at radius 1 is 1.00 bits per heavy atom. The molecule has 170 valence electrons. The largest absolute Gasteiger partial charge is 0.497 e. The third-order valence-electron chi connectivity index (χ3n) is 6.37. The molecule has 3 aromatic rings. The summed E-state index contributed by atoms with van der Waals surface area (Å²) in [5.41, 5.74) is 7.13. The molecule has 4 nitrogen and oxygen atoms in total. The molecule has 5 heteroatoms. The van der Waals surface area contributed by atoms with Gasteiger partial charge in [-0.1, -0.05) is 43.6 Å². The molecule has 1 aliphatic rings. The molecule has 3 aromatic carbocycles. The zero-order valence-electron chi connectivity index (χ0n) is 19.6. The van der Waals surface area contributed by atoms with Crippen LogP contribution in [-0.2, 0) is 24.1 Å². The highest BCUT2D eigenvalue weighted by Crippen LogP contribution is 2.32. The van der Waals surface area contributed by atoms with Crippen LogP contribution in [-0.4, -0.2) is 31.8 Å². The number of hydrogen-bond donors (Lipinski definition) is 0. The van der Waals surface area contributed by atoms with Gasteiger partial charge in [0.05, 0.1) is 18.5 Å². The quantitative estimate of drug-likeness (QED) is 0.459. The van der Waals surface area contributed by atoms with Gasteiger partial charge in [0.1, 0.15) is 11.8 Å². The number of anilines is 1. The summed E-state index contributed by atoms with van der Waals surface area (Å²) in [6.07, 6.45) is 2.41. The molecule has 1 aliphatic heterocycles. The molecule has 4 rings (SSSR count). The molecule has 0 N–H and O–H groups in total. The summed E-state index contributed by atoms with van der Waals surface area (Å²) in [4.78, 5) is 20.4. The van der Waals surface area contributed by atoms with Crippen molar-refractivity contribution in [1.29, 1.82) is 0 Å². The van der Waals surface area contributed by atoms with Gasteiger partial charge in [0.15, 0.2) is 0 Å². The summed E-state index contributed by atoms with van der Waals surface area (Å²) in [6, 6.07) is 19.3. The lowest BCUT2D eigenvalue weighted by molar-refractivity contribution is -0.119. The van der Waals surface area contributed by atoms with E-state index in [2.05, 4.69) is 32.0 Å². The second-order valence-corrected chi connectivity index (χ2v) is 8.68. The highest BCUT2D eigenvalue weighted by Gasteiger charge is 2.31. The SMILES string of the molecule is CCc1cccc(CC)c1CC1N=C(c2ccc(OC)cc2)c2cc(Cl)ccc2N(C)C1=O. The molecule has 0 fully saturated rings. The molecular formula is C28H29ClN2O2. The number of aryl methyl sites for hydroxylation is 2. The van der Waals surface area contributed by atoms with Gasteiger partial charge in [-0.05, 0) is 72.0 Å². The fourth-order valence-corrected chi connectivity index (χ4v) is 4.70. The van der Waals surface area contributed by atoms with Crippen molar-refractivity contribution in [3.05, 3.63) is 93.5 Å². The molecule has 33 heavy (non-hydrogen) atoms. The van der Waals surface area contributed by atoms with Gasteiger partial charge in [0.25, 0.3) is 5.91 Å². The first-order valence-corrected chi connectivity index (χ1v) is 11.7. The Hall–Kier alpha value is -3.11. The van der Waals surface area contributed by atoms with Crippen LogP contribution in [0.25, 0.3) is 0 Å². The Kier molecular flexibility index (Phi) is 6.85. The summed E-state index contributed by atoms with van der Waals surface area (Å²) in [6.45, 7) is 4.31. The van der Waals surface area contributed by atoms with Crippen molar-refractivity contribution in [2.75, 3.05) is 19.1 Å². The normalized spacial score (nSPS) is 15.7. The van der Waals surface area contributed by atoms with Crippen LogP contribution < -0.4 is 9.64 Å². The van der Waals surface area contributed by atoms with E-state index >= 15 is 0 Å². The zero-order valence-corrected chi connectivity index (χ0v) is 20.3. The topological polar surface area (TPSA) is 41.9 Å². The van der Waals surface area contributed by atoms with Gasteiger partial charge >= 0.3 is 0 Å². The van der Waals surface area contributed by atoms with Crippen molar-refractivity contribution in [1.82, 2.24) is 0 Å². The highest BCUT2D eigenvalue weighted by atomic mass is 35.5. The number of hydrogen-bond acceptors (Lipinski definition) is 3. The van der Waals surface area contributed by atoms with Gasteiger partial charge < -0.3 is 9.64 Å². The van der Waals surface area contributed by atoms with E-state index in [4.69, 9.17) is 21.3 Å². The smallest absolute Gasteiger partial charge is 0.251 e. The van der Waals surface area contributed by atoms with Gasteiger partial charge in [-0.15, -0.1) is 0 Å². The van der Waals surface area contributed by atoms with Crippen LogP contribution in [0.4, 0.5) is 5.69 Å². The van der Waals surface area contributed by atoms with Gasteiger partial charge in [-0.3, -0.25) is 9.79 Å². The van der Waals surface area contributed by atoms with E-state index in [1.807, 2.05) is 49.5 Å². The van der Waals surface area contributed by atoms with Crippen LogP contribution >= 0.6 is 11.6 Å². The zero-order chi connectivity index (χ0) is 23.5. The number of benzodiazepines with no additional fused rings is 1. The molecule has 0 bridgehead atoms. The Labute approximate surface area is 200 Å². The second kappa shape index (κ2) is 9.80. The summed E-state index contributed by atoms with van der Waals surface area (Å²) in [7, 11) is 3.47. The molecule has 0 saturated carbocycles. The third kappa shape index (κ3) is 4.53. The number of carbonyl (C=O) groups is 1. The number of carbonyl (C=O) groups excluding carboxylic acids is 1. The van der Waals surface area contributed by atoms with Crippen molar-refractivity contribution >= 4 is 28.9 Å². The van der Waals surface area contributed by atoms with Gasteiger partial charge in [0.2, 0.25) is 0 Å². The molecular weight excluding hydrogens is 432 g/mol.